The third-order valence-electron chi connectivity index (χ3n) is 5.31. The number of ether oxygens (including phenoxy) is 1. The maximum absolute atomic E-state index is 10.6. The van der Waals surface area contributed by atoms with E-state index in [1.165, 1.54) is 0 Å². The van der Waals surface area contributed by atoms with Crippen LogP contribution in [0, 0.1) is 6.92 Å². The number of alkyl halides is 3. The van der Waals surface area contributed by atoms with Crippen molar-refractivity contribution < 1.29 is 27.8 Å². The second-order valence-electron chi connectivity index (χ2n) is 7.90. The Kier molecular flexibility index (Phi) is 7.62. The minimum Gasteiger partial charge on any atom is -0.475 e. The van der Waals surface area contributed by atoms with E-state index < -0.39 is 12.1 Å². The van der Waals surface area contributed by atoms with Gasteiger partial charge in [0.25, 0.3) is 0 Å². The van der Waals surface area contributed by atoms with E-state index in [9.17, 15) is 13.2 Å². The number of carbonyl (C=O) groups is 1. The fraction of sp³-hybridized carbons (Fsp3) is 0.524. The first kappa shape index (κ1) is 23.9. The molecule has 2 aliphatic rings. The normalized spacial score (nSPS) is 21.7. The first-order chi connectivity index (χ1) is 15.2. The van der Waals surface area contributed by atoms with Crippen LogP contribution in [0.4, 0.5) is 19.0 Å². The van der Waals surface area contributed by atoms with Gasteiger partial charge >= 0.3 is 12.1 Å². The summed E-state index contributed by atoms with van der Waals surface area (Å²) in [4.78, 5) is 27.0. The fourth-order valence-corrected chi connectivity index (χ4v) is 3.97. The Balaban J connectivity index is 0.000000360. The molecule has 2 saturated heterocycles. The number of hydrogen-bond donors (Lipinski definition) is 1. The first-order valence-corrected chi connectivity index (χ1v) is 10.3. The molecule has 1 N–H and O–H groups in total. The van der Waals surface area contributed by atoms with Crippen molar-refractivity contribution in [1.29, 1.82) is 0 Å². The molecule has 0 aromatic carbocycles. The second-order valence-corrected chi connectivity index (χ2v) is 7.90. The van der Waals surface area contributed by atoms with Gasteiger partial charge in [-0.05, 0) is 31.9 Å². The van der Waals surface area contributed by atoms with E-state index in [2.05, 4.69) is 36.9 Å². The van der Waals surface area contributed by atoms with Gasteiger partial charge in [0.1, 0.15) is 5.82 Å². The van der Waals surface area contributed by atoms with Crippen LogP contribution in [-0.2, 0) is 16.1 Å². The molecule has 8 nitrogen and oxygen atoms in total. The molecule has 0 amide bonds. The standard InChI is InChI=1S/C19H25N5O.C2HF3O2/c1-16-4-2-5-17(22-16)13-23-10-11-25-19(14-23)6-3-9-24(15-19)18-12-20-7-8-21-18;3-2(4,5)1(6)7/h2,4-5,7-8,12H,3,6,9-11,13-15H2,1H3;(H,6,7). The summed E-state index contributed by atoms with van der Waals surface area (Å²) < 4.78 is 38.0. The summed E-state index contributed by atoms with van der Waals surface area (Å²) >= 11 is 0. The number of aromatic nitrogens is 3. The maximum Gasteiger partial charge on any atom is 0.490 e. The first-order valence-electron chi connectivity index (χ1n) is 10.3. The smallest absolute Gasteiger partial charge is 0.475 e. The molecular formula is C21H26F3N5O3. The summed E-state index contributed by atoms with van der Waals surface area (Å²) in [6, 6.07) is 6.25. The van der Waals surface area contributed by atoms with Crippen molar-refractivity contribution >= 4 is 11.8 Å². The number of carboxylic acid groups (broad SMARTS) is 1. The van der Waals surface area contributed by atoms with Gasteiger partial charge in [-0.15, -0.1) is 0 Å². The number of piperidine rings is 1. The van der Waals surface area contributed by atoms with Crippen molar-refractivity contribution in [3.05, 3.63) is 48.2 Å². The van der Waals surface area contributed by atoms with Gasteiger partial charge in [0.15, 0.2) is 0 Å². The van der Waals surface area contributed by atoms with Crippen molar-refractivity contribution in [2.24, 2.45) is 0 Å². The van der Waals surface area contributed by atoms with E-state index in [1.54, 1.807) is 12.4 Å². The van der Waals surface area contributed by atoms with Crippen molar-refractivity contribution in [1.82, 2.24) is 19.9 Å². The average molecular weight is 453 g/mol. The summed E-state index contributed by atoms with van der Waals surface area (Å²) in [6.45, 7) is 7.51. The average Bonchev–Trinajstić information content (AvgIpc) is 2.74. The molecule has 2 aliphatic heterocycles. The van der Waals surface area contributed by atoms with Crippen LogP contribution in [0.3, 0.4) is 0 Å². The quantitative estimate of drug-likeness (QED) is 0.759. The van der Waals surface area contributed by atoms with Crippen LogP contribution in [-0.4, -0.2) is 75.5 Å². The van der Waals surface area contributed by atoms with Crippen LogP contribution >= 0.6 is 0 Å². The number of aryl methyl sites for hydroxylation is 1. The number of nitrogens with zero attached hydrogens (tertiary/aromatic N) is 5. The Morgan fingerprint density at radius 3 is 2.69 bits per heavy atom. The molecule has 4 rings (SSSR count). The van der Waals surface area contributed by atoms with Crippen molar-refractivity contribution in [3.63, 3.8) is 0 Å². The van der Waals surface area contributed by atoms with Gasteiger partial charge in [-0.2, -0.15) is 13.2 Å². The molecule has 174 valence electrons. The number of morpholine rings is 1. The molecule has 1 spiro atoms. The largest absolute Gasteiger partial charge is 0.490 e. The van der Waals surface area contributed by atoms with E-state index in [4.69, 9.17) is 14.6 Å². The zero-order chi connectivity index (χ0) is 23.2. The molecule has 11 heteroatoms. The van der Waals surface area contributed by atoms with Crippen LogP contribution in [0.5, 0.6) is 0 Å². The highest BCUT2D eigenvalue weighted by atomic mass is 19.4. The molecular weight excluding hydrogens is 427 g/mol. The van der Waals surface area contributed by atoms with E-state index in [1.807, 2.05) is 19.2 Å². The topological polar surface area (TPSA) is 91.7 Å². The number of pyridine rings is 1. The number of carboxylic acids is 1. The molecule has 1 atom stereocenters. The third kappa shape index (κ3) is 6.60. The lowest BCUT2D eigenvalue weighted by Crippen LogP contribution is -2.59. The highest BCUT2D eigenvalue weighted by molar-refractivity contribution is 5.73. The van der Waals surface area contributed by atoms with Gasteiger partial charge in [-0.25, -0.2) is 9.78 Å². The van der Waals surface area contributed by atoms with Gasteiger partial charge in [-0.1, -0.05) is 6.07 Å². The molecule has 32 heavy (non-hydrogen) atoms. The lowest BCUT2D eigenvalue weighted by Gasteiger charge is -2.48. The van der Waals surface area contributed by atoms with Crippen molar-refractivity contribution in [3.8, 4) is 0 Å². The number of halogens is 3. The van der Waals surface area contributed by atoms with E-state index >= 15 is 0 Å². The Hall–Kier alpha value is -2.79. The minimum absolute atomic E-state index is 0.113. The summed E-state index contributed by atoms with van der Waals surface area (Å²) in [5, 5.41) is 7.12. The maximum atomic E-state index is 10.6. The van der Waals surface area contributed by atoms with Gasteiger partial charge in [0.05, 0.1) is 24.1 Å². The Labute approximate surface area is 184 Å². The van der Waals surface area contributed by atoms with Crippen LogP contribution in [0.2, 0.25) is 0 Å². The van der Waals surface area contributed by atoms with Gasteiger partial charge in [0, 0.05) is 50.8 Å². The van der Waals surface area contributed by atoms with E-state index in [0.717, 1.165) is 69.4 Å². The number of rotatable bonds is 3. The third-order valence-corrected chi connectivity index (χ3v) is 5.31. The van der Waals surface area contributed by atoms with Crippen molar-refractivity contribution in [2.75, 3.05) is 37.7 Å². The molecule has 0 bridgehead atoms. The monoisotopic (exact) mass is 453 g/mol. The summed E-state index contributed by atoms with van der Waals surface area (Å²) in [5.41, 5.74) is 2.10. The number of aliphatic carboxylic acids is 1. The molecule has 2 aromatic heterocycles. The highest BCUT2D eigenvalue weighted by Gasteiger charge is 2.41. The predicted octanol–water partition coefficient (Wildman–Crippen LogP) is 2.68. The van der Waals surface area contributed by atoms with Crippen molar-refractivity contribution in [2.45, 2.75) is 38.1 Å². The summed E-state index contributed by atoms with van der Waals surface area (Å²) in [7, 11) is 0. The van der Waals surface area contributed by atoms with Gasteiger partial charge in [-0.3, -0.25) is 14.9 Å². The Morgan fingerprint density at radius 1 is 1.25 bits per heavy atom. The molecule has 2 fully saturated rings. The van der Waals surface area contributed by atoms with Crippen LogP contribution in [0.15, 0.2) is 36.8 Å². The highest BCUT2D eigenvalue weighted by Crippen LogP contribution is 2.31. The van der Waals surface area contributed by atoms with Gasteiger partial charge in [0.2, 0.25) is 0 Å². The molecule has 4 heterocycles. The zero-order valence-electron chi connectivity index (χ0n) is 17.8. The number of hydrogen-bond acceptors (Lipinski definition) is 7. The van der Waals surface area contributed by atoms with Crippen LogP contribution in [0.1, 0.15) is 24.2 Å². The lowest BCUT2D eigenvalue weighted by molar-refractivity contribution is -0.192. The Morgan fingerprint density at radius 2 is 2.03 bits per heavy atom. The molecule has 0 aliphatic carbocycles. The van der Waals surface area contributed by atoms with Gasteiger partial charge < -0.3 is 14.7 Å². The van der Waals surface area contributed by atoms with Crippen LogP contribution in [0.25, 0.3) is 0 Å². The second kappa shape index (κ2) is 10.2. The predicted molar refractivity (Wildman–Crippen MR) is 110 cm³/mol. The minimum atomic E-state index is -5.08. The van der Waals surface area contributed by atoms with E-state index in [0.29, 0.717) is 0 Å². The fourth-order valence-electron chi connectivity index (χ4n) is 3.97. The molecule has 0 radical (unpaired) electrons. The van der Waals surface area contributed by atoms with E-state index in [-0.39, 0.29) is 5.60 Å². The zero-order valence-corrected chi connectivity index (χ0v) is 17.8. The summed E-state index contributed by atoms with van der Waals surface area (Å²) in [5.74, 6) is -1.81. The molecule has 0 saturated carbocycles. The van der Waals surface area contributed by atoms with Crippen LogP contribution < -0.4 is 4.90 Å². The Bertz CT molecular complexity index is 896. The molecule has 1 unspecified atom stereocenters. The summed E-state index contributed by atoms with van der Waals surface area (Å²) in [6.07, 6.45) is 2.45. The lowest BCUT2D eigenvalue weighted by atomic mass is 9.90. The SMILES string of the molecule is Cc1cccc(CN2CCOC3(CCCN(c4cnccn4)C3)C2)n1.O=C(O)C(F)(F)F. The molecule has 2 aromatic rings. The number of anilines is 1.